The molecule has 0 spiro atoms. The molecule has 1 aromatic carbocycles. The van der Waals surface area contributed by atoms with Crippen molar-refractivity contribution in [3.05, 3.63) is 30.0 Å². The minimum absolute atomic E-state index is 0.210. The molecular weight excluding hydrogens is 244 g/mol. The van der Waals surface area contributed by atoms with Crippen molar-refractivity contribution in [2.45, 2.75) is 19.9 Å². The Labute approximate surface area is 110 Å². The molecule has 3 rings (SSSR count). The van der Waals surface area contributed by atoms with Crippen LogP contribution in [-0.2, 0) is 0 Å². The lowest BCUT2D eigenvalue weighted by atomic mass is 10.1. The molecule has 0 amide bonds. The number of rotatable bonds is 3. The molecule has 2 heterocycles. The summed E-state index contributed by atoms with van der Waals surface area (Å²) in [6.45, 7) is 4.27. The number of ether oxygens (including phenoxy) is 2. The van der Waals surface area contributed by atoms with Crippen molar-refractivity contribution in [1.82, 2.24) is 9.78 Å². The van der Waals surface area contributed by atoms with Crippen LogP contribution < -0.4 is 9.47 Å². The molecule has 2 aromatic rings. The monoisotopic (exact) mass is 258 g/mol. The number of fused-ring (bicyclic) bond motifs is 1. The molecule has 0 saturated heterocycles. The fourth-order valence-corrected chi connectivity index (χ4v) is 2.02. The number of hydrogen-bond donors (Lipinski definition) is 0. The Balaban J connectivity index is 2.08. The van der Waals surface area contributed by atoms with E-state index in [1.807, 2.05) is 32.0 Å². The quantitative estimate of drug-likeness (QED) is 0.794. The van der Waals surface area contributed by atoms with Crippen LogP contribution in [0.3, 0.4) is 0 Å². The molecule has 1 aromatic heterocycles. The average Bonchev–Trinajstić information content (AvgIpc) is 3.04. The number of aromatic nitrogens is 2. The molecular formula is C14H14N2O3. The predicted molar refractivity (Wildman–Crippen MR) is 69.6 cm³/mol. The number of carbonyl (C=O) groups is 1. The minimum atomic E-state index is 0.210. The Hall–Kier alpha value is -2.30. The molecule has 5 nitrogen and oxygen atoms in total. The minimum Gasteiger partial charge on any atom is -0.454 e. The average molecular weight is 258 g/mol. The molecule has 1 aliphatic heterocycles. The molecule has 0 bridgehead atoms. The molecule has 0 radical (unpaired) electrons. The van der Waals surface area contributed by atoms with E-state index >= 15 is 0 Å². The first-order chi connectivity index (χ1) is 9.19. The zero-order chi connectivity index (χ0) is 13.4. The highest BCUT2D eigenvalue weighted by Crippen LogP contribution is 2.36. The molecule has 0 saturated carbocycles. The van der Waals surface area contributed by atoms with Gasteiger partial charge in [-0.1, -0.05) is 0 Å². The van der Waals surface area contributed by atoms with Gasteiger partial charge in [0, 0.05) is 17.8 Å². The summed E-state index contributed by atoms with van der Waals surface area (Å²) in [6.07, 6.45) is 2.59. The molecule has 0 unspecified atom stereocenters. The second-order valence-corrected chi connectivity index (χ2v) is 4.69. The fraction of sp³-hybridized carbons (Fsp3) is 0.286. The van der Waals surface area contributed by atoms with Gasteiger partial charge in [0.1, 0.15) is 5.69 Å². The highest BCUT2D eigenvalue weighted by atomic mass is 16.7. The summed E-state index contributed by atoms with van der Waals surface area (Å²) in [5, 5.41) is 4.47. The maximum Gasteiger partial charge on any atom is 0.231 e. The van der Waals surface area contributed by atoms with E-state index in [9.17, 15) is 4.79 Å². The van der Waals surface area contributed by atoms with Crippen LogP contribution in [0.5, 0.6) is 11.5 Å². The first-order valence-corrected chi connectivity index (χ1v) is 6.13. The van der Waals surface area contributed by atoms with Crippen LogP contribution in [0.4, 0.5) is 0 Å². The largest absolute Gasteiger partial charge is 0.454 e. The number of carbonyl (C=O) groups excluding carboxylic acids is 1. The number of nitrogens with zero attached hydrogens (tertiary/aromatic N) is 2. The summed E-state index contributed by atoms with van der Waals surface area (Å²) in [6, 6.07) is 5.78. The number of aldehydes is 1. The molecule has 5 heteroatoms. The smallest absolute Gasteiger partial charge is 0.231 e. The van der Waals surface area contributed by atoms with Crippen molar-refractivity contribution >= 4 is 6.29 Å². The van der Waals surface area contributed by atoms with Crippen LogP contribution in [0.1, 0.15) is 30.2 Å². The van der Waals surface area contributed by atoms with Crippen molar-refractivity contribution in [2.75, 3.05) is 6.79 Å². The third kappa shape index (κ3) is 1.97. The molecule has 0 aliphatic carbocycles. The van der Waals surface area contributed by atoms with E-state index in [0.29, 0.717) is 17.0 Å². The molecule has 0 atom stereocenters. The third-order valence-corrected chi connectivity index (χ3v) is 3.06. The van der Waals surface area contributed by atoms with Crippen LogP contribution in [0.2, 0.25) is 0 Å². The molecule has 98 valence electrons. The van der Waals surface area contributed by atoms with E-state index in [1.165, 1.54) is 0 Å². The van der Waals surface area contributed by atoms with Gasteiger partial charge >= 0.3 is 0 Å². The summed E-state index contributed by atoms with van der Waals surface area (Å²) in [5.41, 5.74) is 2.10. The summed E-state index contributed by atoms with van der Waals surface area (Å²) in [7, 11) is 0. The summed E-state index contributed by atoms with van der Waals surface area (Å²) < 4.78 is 12.4. The Bertz CT molecular complexity index is 632. The van der Waals surface area contributed by atoms with E-state index in [2.05, 4.69) is 5.10 Å². The van der Waals surface area contributed by atoms with Crippen molar-refractivity contribution in [3.63, 3.8) is 0 Å². The molecule has 19 heavy (non-hydrogen) atoms. The second kappa shape index (κ2) is 4.42. The zero-order valence-electron chi connectivity index (χ0n) is 10.8. The van der Waals surface area contributed by atoms with Gasteiger partial charge in [-0.3, -0.25) is 9.48 Å². The maximum absolute atomic E-state index is 11.2. The molecule has 0 N–H and O–H groups in total. The Morgan fingerprint density at radius 2 is 2.11 bits per heavy atom. The Kier molecular flexibility index (Phi) is 2.74. The van der Waals surface area contributed by atoms with E-state index in [-0.39, 0.29) is 12.8 Å². The number of benzene rings is 1. The van der Waals surface area contributed by atoms with Crippen molar-refractivity contribution in [3.8, 4) is 22.8 Å². The van der Waals surface area contributed by atoms with Gasteiger partial charge in [0.25, 0.3) is 0 Å². The van der Waals surface area contributed by atoms with Gasteiger partial charge < -0.3 is 9.47 Å². The van der Waals surface area contributed by atoms with Crippen LogP contribution in [0.25, 0.3) is 11.3 Å². The Morgan fingerprint density at radius 1 is 1.32 bits per heavy atom. The predicted octanol–water partition coefficient (Wildman–Crippen LogP) is 2.67. The van der Waals surface area contributed by atoms with Gasteiger partial charge in [-0.2, -0.15) is 5.10 Å². The van der Waals surface area contributed by atoms with Crippen LogP contribution in [-0.4, -0.2) is 22.9 Å². The van der Waals surface area contributed by atoms with E-state index < -0.39 is 0 Å². The van der Waals surface area contributed by atoms with Crippen molar-refractivity contribution in [2.24, 2.45) is 0 Å². The fourth-order valence-electron chi connectivity index (χ4n) is 2.02. The lowest BCUT2D eigenvalue weighted by Crippen LogP contribution is -2.00. The number of hydrogen-bond acceptors (Lipinski definition) is 4. The second-order valence-electron chi connectivity index (χ2n) is 4.69. The first-order valence-electron chi connectivity index (χ1n) is 6.13. The summed E-state index contributed by atoms with van der Waals surface area (Å²) in [4.78, 5) is 11.2. The zero-order valence-corrected chi connectivity index (χ0v) is 10.8. The highest BCUT2D eigenvalue weighted by Gasteiger charge is 2.17. The van der Waals surface area contributed by atoms with Crippen LogP contribution in [0.15, 0.2) is 24.4 Å². The first kappa shape index (κ1) is 11.8. The van der Waals surface area contributed by atoms with E-state index in [4.69, 9.17) is 9.47 Å². The van der Waals surface area contributed by atoms with Crippen LogP contribution in [0, 0.1) is 0 Å². The van der Waals surface area contributed by atoms with Gasteiger partial charge in [0.05, 0.1) is 5.56 Å². The van der Waals surface area contributed by atoms with Gasteiger partial charge in [-0.25, -0.2) is 0 Å². The van der Waals surface area contributed by atoms with E-state index in [0.717, 1.165) is 17.6 Å². The summed E-state index contributed by atoms with van der Waals surface area (Å²) in [5.74, 6) is 1.41. The Morgan fingerprint density at radius 3 is 2.84 bits per heavy atom. The third-order valence-electron chi connectivity index (χ3n) is 3.06. The molecule has 1 aliphatic rings. The standard InChI is InChI=1S/C14H14N2O3/c1-9(2)16-6-11(7-17)14(15-16)10-3-4-12-13(5-10)19-8-18-12/h3-7,9H,8H2,1-2H3. The normalized spacial score (nSPS) is 13.0. The van der Waals surface area contributed by atoms with Gasteiger partial charge in [0.15, 0.2) is 17.8 Å². The van der Waals surface area contributed by atoms with Gasteiger partial charge in [-0.05, 0) is 32.0 Å². The van der Waals surface area contributed by atoms with E-state index in [1.54, 1.807) is 10.9 Å². The lowest BCUT2D eigenvalue weighted by molar-refractivity contribution is 0.112. The van der Waals surface area contributed by atoms with Gasteiger partial charge in [-0.15, -0.1) is 0 Å². The van der Waals surface area contributed by atoms with Crippen LogP contribution >= 0.6 is 0 Å². The van der Waals surface area contributed by atoms with Crippen molar-refractivity contribution < 1.29 is 14.3 Å². The molecule has 0 fully saturated rings. The summed E-state index contributed by atoms with van der Waals surface area (Å²) >= 11 is 0. The van der Waals surface area contributed by atoms with Crippen molar-refractivity contribution in [1.29, 1.82) is 0 Å². The lowest BCUT2D eigenvalue weighted by Gasteiger charge is -2.04. The topological polar surface area (TPSA) is 53.4 Å². The maximum atomic E-state index is 11.2. The SMILES string of the molecule is CC(C)n1cc(C=O)c(-c2ccc3c(c2)OCO3)n1. The highest BCUT2D eigenvalue weighted by molar-refractivity contribution is 5.85. The van der Waals surface area contributed by atoms with Gasteiger partial charge in [0.2, 0.25) is 6.79 Å².